The second-order valence-electron chi connectivity index (χ2n) is 4.71. The van der Waals surface area contributed by atoms with Crippen LogP contribution in [0.3, 0.4) is 0 Å². The van der Waals surface area contributed by atoms with Gasteiger partial charge in [-0.3, -0.25) is 4.90 Å². The lowest BCUT2D eigenvalue weighted by atomic mass is 10.2. The zero-order chi connectivity index (χ0) is 9.97. The van der Waals surface area contributed by atoms with E-state index >= 15 is 0 Å². The molecule has 14 heavy (non-hydrogen) atoms. The van der Waals surface area contributed by atoms with Crippen LogP contribution in [0.2, 0.25) is 0 Å². The van der Waals surface area contributed by atoms with E-state index < -0.39 is 0 Å². The first kappa shape index (κ1) is 10.8. The molecule has 3 heteroatoms. The van der Waals surface area contributed by atoms with Crippen molar-refractivity contribution in [1.29, 1.82) is 0 Å². The Labute approximate surface area is 91.8 Å². The fourth-order valence-corrected chi connectivity index (χ4v) is 3.25. The van der Waals surface area contributed by atoms with Crippen molar-refractivity contribution in [3.63, 3.8) is 0 Å². The van der Waals surface area contributed by atoms with Gasteiger partial charge >= 0.3 is 0 Å². The molecule has 2 fully saturated rings. The molecule has 0 bridgehead atoms. The highest BCUT2D eigenvalue weighted by molar-refractivity contribution is 7.99. The summed E-state index contributed by atoms with van der Waals surface area (Å²) in [6.45, 7) is 3.51. The molecule has 2 atom stereocenters. The normalized spacial score (nSPS) is 29.8. The van der Waals surface area contributed by atoms with Gasteiger partial charge in [-0.15, -0.1) is 0 Å². The van der Waals surface area contributed by atoms with Crippen molar-refractivity contribution in [3.8, 4) is 0 Å². The number of likely N-dealkylation sites (N-methyl/N-ethyl adjacent to an activating group) is 1. The maximum absolute atomic E-state index is 3.61. The van der Waals surface area contributed by atoms with E-state index in [9.17, 15) is 0 Å². The first-order valence-electron chi connectivity index (χ1n) is 5.80. The Morgan fingerprint density at radius 1 is 1.43 bits per heavy atom. The smallest absolute Gasteiger partial charge is 0.0194 e. The minimum absolute atomic E-state index is 0.694. The third-order valence-corrected chi connectivity index (χ3v) is 4.60. The zero-order valence-electron chi connectivity index (χ0n) is 9.33. The third-order valence-electron chi connectivity index (χ3n) is 3.46. The molecule has 0 radical (unpaired) electrons. The number of rotatable bonds is 5. The van der Waals surface area contributed by atoms with Crippen molar-refractivity contribution in [2.75, 3.05) is 25.1 Å². The Hall–Kier alpha value is 0.270. The molecule has 1 aliphatic heterocycles. The van der Waals surface area contributed by atoms with Crippen LogP contribution in [0.5, 0.6) is 0 Å². The van der Waals surface area contributed by atoms with Gasteiger partial charge in [0.1, 0.15) is 0 Å². The van der Waals surface area contributed by atoms with Crippen molar-refractivity contribution in [3.05, 3.63) is 0 Å². The van der Waals surface area contributed by atoms with E-state index in [2.05, 4.69) is 35.9 Å². The monoisotopic (exact) mass is 214 g/mol. The summed E-state index contributed by atoms with van der Waals surface area (Å²) in [6.07, 6.45) is 4.18. The largest absolute Gasteiger partial charge is 0.312 e. The Morgan fingerprint density at radius 3 is 2.79 bits per heavy atom. The summed E-state index contributed by atoms with van der Waals surface area (Å²) in [6, 6.07) is 2.37. The van der Waals surface area contributed by atoms with Crippen molar-refractivity contribution >= 4 is 11.8 Å². The lowest BCUT2D eigenvalue weighted by molar-refractivity contribution is 0.195. The quantitative estimate of drug-likeness (QED) is 0.748. The number of nitrogens with one attached hydrogen (secondary N) is 1. The van der Waals surface area contributed by atoms with E-state index in [0.29, 0.717) is 6.04 Å². The average Bonchev–Trinajstić information content (AvgIpc) is 2.86. The molecule has 0 spiro atoms. The van der Waals surface area contributed by atoms with Crippen molar-refractivity contribution in [2.24, 2.45) is 0 Å². The summed E-state index contributed by atoms with van der Waals surface area (Å²) in [5, 5.41) is 3.61. The number of hydrogen-bond acceptors (Lipinski definition) is 3. The first-order valence-corrected chi connectivity index (χ1v) is 6.96. The molecule has 0 aromatic rings. The van der Waals surface area contributed by atoms with Crippen LogP contribution < -0.4 is 5.32 Å². The fourth-order valence-electron chi connectivity index (χ4n) is 1.97. The first-order chi connectivity index (χ1) is 6.77. The van der Waals surface area contributed by atoms with Crippen LogP contribution in [0.25, 0.3) is 0 Å². The number of thioether (sulfide) groups is 1. The van der Waals surface area contributed by atoms with E-state index in [-0.39, 0.29) is 0 Å². The highest BCUT2D eigenvalue weighted by Crippen LogP contribution is 2.23. The molecule has 1 N–H and O–H groups in total. The van der Waals surface area contributed by atoms with Gasteiger partial charge in [0.25, 0.3) is 0 Å². The van der Waals surface area contributed by atoms with Crippen LogP contribution >= 0.6 is 11.8 Å². The summed E-state index contributed by atoms with van der Waals surface area (Å²) in [5.41, 5.74) is 0. The maximum Gasteiger partial charge on any atom is 0.0194 e. The summed E-state index contributed by atoms with van der Waals surface area (Å²) in [7, 11) is 2.29. The van der Waals surface area contributed by atoms with E-state index in [1.165, 1.54) is 37.3 Å². The van der Waals surface area contributed by atoms with Crippen LogP contribution in [-0.2, 0) is 0 Å². The zero-order valence-corrected chi connectivity index (χ0v) is 10.1. The molecule has 82 valence electrons. The van der Waals surface area contributed by atoms with E-state index in [1.54, 1.807) is 0 Å². The molecule has 1 saturated carbocycles. The Morgan fingerprint density at radius 2 is 2.21 bits per heavy atom. The van der Waals surface area contributed by atoms with Gasteiger partial charge in [0, 0.05) is 30.4 Å². The predicted molar refractivity (Wildman–Crippen MR) is 64.0 cm³/mol. The Kier molecular flexibility index (Phi) is 3.74. The molecule has 2 rings (SSSR count). The summed E-state index contributed by atoms with van der Waals surface area (Å²) >= 11 is 2.10. The summed E-state index contributed by atoms with van der Waals surface area (Å²) in [4.78, 5) is 2.56. The summed E-state index contributed by atoms with van der Waals surface area (Å²) < 4.78 is 0. The van der Waals surface area contributed by atoms with Crippen LogP contribution in [0.15, 0.2) is 0 Å². The topological polar surface area (TPSA) is 15.3 Å². The second kappa shape index (κ2) is 4.86. The van der Waals surface area contributed by atoms with Crippen LogP contribution in [-0.4, -0.2) is 48.1 Å². The third kappa shape index (κ3) is 2.88. The van der Waals surface area contributed by atoms with Gasteiger partial charge < -0.3 is 5.32 Å². The van der Waals surface area contributed by atoms with Crippen molar-refractivity contribution in [2.45, 2.75) is 44.3 Å². The van der Waals surface area contributed by atoms with Gasteiger partial charge in [0.05, 0.1) is 0 Å². The molecular formula is C11H22N2S. The van der Waals surface area contributed by atoms with Gasteiger partial charge in [-0.25, -0.2) is 0 Å². The minimum atomic E-state index is 0.694. The van der Waals surface area contributed by atoms with Gasteiger partial charge in [0.15, 0.2) is 0 Å². The standard InChI is InChI=1S/C11H22N2S/c1-9(7-12-10-3-4-10)13(2)11-5-6-14-8-11/h9-12H,3-8H2,1-2H3. The summed E-state index contributed by atoms with van der Waals surface area (Å²) in [5.74, 6) is 2.70. The molecule has 0 aromatic carbocycles. The lowest BCUT2D eigenvalue weighted by Gasteiger charge is -2.30. The highest BCUT2D eigenvalue weighted by Gasteiger charge is 2.25. The van der Waals surface area contributed by atoms with E-state index in [1.807, 2.05) is 0 Å². The molecule has 1 aliphatic carbocycles. The van der Waals surface area contributed by atoms with E-state index in [0.717, 1.165) is 12.1 Å². The van der Waals surface area contributed by atoms with Gasteiger partial charge in [-0.1, -0.05) is 0 Å². The number of nitrogens with zero attached hydrogens (tertiary/aromatic N) is 1. The predicted octanol–water partition coefficient (Wildman–Crippen LogP) is 1.56. The molecule has 1 saturated heterocycles. The molecule has 2 unspecified atom stereocenters. The molecule has 0 aromatic heterocycles. The number of hydrogen-bond donors (Lipinski definition) is 1. The van der Waals surface area contributed by atoms with Crippen molar-refractivity contribution in [1.82, 2.24) is 10.2 Å². The van der Waals surface area contributed by atoms with Crippen LogP contribution in [0, 0.1) is 0 Å². The van der Waals surface area contributed by atoms with Gasteiger partial charge in [0.2, 0.25) is 0 Å². The fraction of sp³-hybridized carbons (Fsp3) is 1.00. The lowest BCUT2D eigenvalue weighted by Crippen LogP contribution is -2.44. The Balaban J connectivity index is 1.68. The van der Waals surface area contributed by atoms with Crippen LogP contribution in [0.1, 0.15) is 26.2 Å². The average molecular weight is 214 g/mol. The SMILES string of the molecule is CC(CNC1CC1)N(C)C1CCSC1. The molecule has 2 aliphatic rings. The highest BCUT2D eigenvalue weighted by atomic mass is 32.2. The molecular weight excluding hydrogens is 192 g/mol. The van der Waals surface area contributed by atoms with E-state index in [4.69, 9.17) is 0 Å². The molecule has 0 amide bonds. The minimum Gasteiger partial charge on any atom is -0.312 e. The molecule has 1 heterocycles. The van der Waals surface area contributed by atoms with Crippen molar-refractivity contribution < 1.29 is 0 Å². The maximum atomic E-state index is 3.61. The Bertz CT molecular complexity index is 176. The second-order valence-corrected chi connectivity index (χ2v) is 5.86. The van der Waals surface area contributed by atoms with Gasteiger partial charge in [-0.2, -0.15) is 11.8 Å². The van der Waals surface area contributed by atoms with Gasteiger partial charge in [-0.05, 0) is 39.0 Å². The van der Waals surface area contributed by atoms with Crippen LogP contribution in [0.4, 0.5) is 0 Å². The molecule has 2 nitrogen and oxygen atoms in total.